The summed E-state index contributed by atoms with van der Waals surface area (Å²) >= 11 is 23.8. The van der Waals surface area contributed by atoms with Crippen molar-refractivity contribution >= 4 is 76.5 Å². The number of nitrogens with one attached hydrogen (secondary N) is 2. The van der Waals surface area contributed by atoms with Gasteiger partial charge in [-0.15, -0.1) is 0 Å². The fourth-order valence-corrected chi connectivity index (χ4v) is 3.56. The first kappa shape index (κ1) is 31.5. The number of rotatable bonds is 10. The van der Waals surface area contributed by atoms with E-state index in [4.69, 9.17) is 51.1 Å². The lowest BCUT2D eigenvalue weighted by Crippen LogP contribution is -2.44. The summed E-state index contributed by atoms with van der Waals surface area (Å²) in [5, 5.41) is 7.07. The molecule has 0 spiro atoms. The molecule has 0 saturated heterocycles. The van der Waals surface area contributed by atoms with Crippen LogP contribution >= 0.6 is 46.4 Å². The molecule has 3 amide bonds. The number of benzene rings is 2. The van der Waals surface area contributed by atoms with Gasteiger partial charge in [0.15, 0.2) is 0 Å². The lowest BCUT2D eigenvalue weighted by Gasteiger charge is -2.27. The monoisotopic (exact) mass is 599 g/mol. The first-order chi connectivity index (χ1) is 17.8. The Morgan fingerprint density at radius 1 is 0.763 bits per heavy atom. The third-order valence-corrected chi connectivity index (χ3v) is 6.23. The molecule has 0 aliphatic carbocycles. The van der Waals surface area contributed by atoms with Crippen LogP contribution in [0, 0.1) is 0 Å². The van der Waals surface area contributed by atoms with Gasteiger partial charge in [-0.2, -0.15) is 0 Å². The molecule has 0 heterocycles. The molecule has 204 valence electrons. The standard InChI is InChI=1S/C27H29Cl4N3O4/c1-27(2,3)38-26(37)34(14-12-32-24(35)10-6-18-4-8-20(28)22(30)16-18)15-13-33-25(36)11-7-19-5-9-21(29)23(31)17-19/h4-11,16-17H,12-15H2,1-3H3,(H,32,35)(H,33,36)/b10-6+,11-7+. The molecule has 7 nitrogen and oxygen atoms in total. The second-order valence-corrected chi connectivity index (χ2v) is 10.7. The Morgan fingerprint density at radius 2 is 1.18 bits per heavy atom. The van der Waals surface area contributed by atoms with E-state index in [-0.39, 0.29) is 38.0 Å². The molecule has 0 atom stereocenters. The van der Waals surface area contributed by atoms with E-state index in [0.717, 1.165) is 0 Å². The largest absolute Gasteiger partial charge is 0.444 e. The number of carbonyl (C=O) groups excluding carboxylic acids is 3. The molecule has 2 aromatic carbocycles. The minimum Gasteiger partial charge on any atom is -0.444 e. The highest BCUT2D eigenvalue weighted by molar-refractivity contribution is 6.42. The van der Waals surface area contributed by atoms with Crippen molar-refractivity contribution in [1.82, 2.24) is 15.5 Å². The molecule has 11 heteroatoms. The predicted molar refractivity (Wildman–Crippen MR) is 155 cm³/mol. The van der Waals surface area contributed by atoms with Gasteiger partial charge in [0, 0.05) is 38.3 Å². The summed E-state index contributed by atoms with van der Waals surface area (Å²) in [4.78, 5) is 38.5. The molecule has 0 aliphatic rings. The zero-order valence-electron chi connectivity index (χ0n) is 21.2. The highest BCUT2D eigenvalue weighted by Crippen LogP contribution is 2.24. The van der Waals surface area contributed by atoms with Crippen LogP contribution in [0.25, 0.3) is 12.2 Å². The quantitative estimate of drug-likeness (QED) is 0.305. The van der Waals surface area contributed by atoms with Crippen LogP contribution in [0.1, 0.15) is 31.9 Å². The Kier molecular flexibility index (Phi) is 12.5. The molecular formula is C27H29Cl4N3O4. The van der Waals surface area contributed by atoms with Gasteiger partial charge in [0.2, 0.25) is 11.8 Å². The Bertz CT molecular complexity index is 1130. The molecule has 0 bridgehead atoms. The van der Waals surface area contributed by atoms with E-state index in [0.29, 0.717) is 31.2 Å². The van der Waals surface area contributed by atoms with Gasteiger partial charge in [-0.1, -0.05) is 58.5 Å². The molecule has 0 aliphatic heterocycles. The third kappa shape index (κ3) is 11.8. The van der Waals surface area contributed by atoms with E-state index in [9.17, 15) is 14.4 Å². The van der Waals surface area contributed by atoms with Crippen molar-refractivity contribution in [3.05, 3.63) is 79.8 Å². The topological polar surface area (TPSA) is 87.7 Å². The Hall–Kier alpha value is -2.71. The van der Waals surface area contributed by atoms with Crippen LogP contribution in [0.5, 0.6) is 0 Å². The number of carbonyl (C=O) groups is 3. The maximum atomic E-state index is 12.7. The second-order valence-electron chi connectivity index (χ2n) is 9.06. The average Bonchev–Trinajstić information content (AvgIpc) is 2.83. The van der Waals surface area contributed by atoms with Crippen molar-refractivity contribution in [2.45, 2.75) is 26.4 Å². The van der Waals surface area contributed by atoms with Crippen LogP contribution in [0.3, 0.4) is 0 Å². The maximum absolute atomic E-state index is 12.7. The average molecular weight is 601 g/mol. The van der Waals surface area contributed by atoms with E-state index in [1.807, 2.05) is 0 Å². The molecule has 0 fully saturated rings. The summed E-state index contributed by atoms with van der Waals surface area (Å²) in [7, 11) is 0. The molecule has 2 rings (SSSR count). The fourth-order valence-electron chi connectivity index (χ4n) is 2.94. The lowest BCUT2D eigenvalue weighted by atomic mass is 10.2. The van der Waals surface area contributed by atoms with Crippen molar-refractivity contribution < 1.29 is 19.1 Å². The highest BCUT2D eigenvalue weighted by atomic mass is 35.5. The molecule has 2 N–H and O–H groups in total. The van der Waals surface area contributed by atoms with Crippen molar-refractivity contribution in [3.63, 3.8) is 0 Å². The smallest absolute Gasteiger partial charge is 0.410 e. The molecule has 0 saturated carbocycles. The normalized spacial score (nSPS) is 11.6. The van der Waals surface area contributed by atoms with E-state index in [2.05, 4.69) is 10.6 Å². The van der Waals surface area contributed by atoms with Crippen LogP contribution in [0.15, 0.2) is 48.6 Å². The molecule has 0 aromatic heterocycles. The first-order valence-corrected chi connectivity index (χ1v) is 13.1. The van der Waals surface area contributed by atoms with Gasteiger partial charge >= 0.3 is 6.09 Å². The minimum atomic E-state index is -0.701. The van der Waals surface area contributed by atoms with Crippen molar-refractivity contribution in [3.8, 4) is 0 Å². The number of hydrogen-bond acceptors (Lipinski definition) is 4. The number of nitrogens with zero attached hydrogens (tertiary/aromatic N) is 1. The fraction of sp³-hybridized carbons (Fsp3) is 0.296. The van der Waals surface area contributed by atoms with E-state index < -0.39 is 11.7 Å². The number of hydrogen-bond donors (Lipinski definition) is 2. The molecule has 0 radical (unpaired) electrons. The Labute approximate surface area is 242 Å². The summed E-state index contributed by atoms with van der Waals surface area (Å²) in [5.41, 5.74) is 0.732. The van der Waals surface area contributed by atoms with Crippen molar-refractivity contribution in [2.75, 3.05) is 26.2 Å². The van der Waals surface area contributed by atoms with Crippen LogP contribution in [-0.2, 0) is 14.3 Å². The summed E-state index contributed by atoms with van der Waals surface area (Å²) in [6.45, 7) is 5.98. The third-order valence-electron chi connectivity index (χ3n) is 4.76. The van der Waals surface area contributed by atoms with Crippen LogP contribution in [0.4, 0.5) is 4.79 Å². The first-order valence-electron chi connectivity index (χ1n) is 11.6. The summed E-state index contributed by atoms with van der Waals surface area (Å²) in [6.07, 6.45) is 5.36. The Balaban J connectivity index is 1.88. The highest BCUT2D eigenvalue weighted by Gasteiger charge is 2.22. The van der Waals surface area contributed by atoms with Gasteiger partial charge in [0.1, 0.15) is 5.60 Å². The van der Waals surface area contributed by atoms with Gasteiger partial charge in [-0.05, 0) is 68.3 Å². The van der Waals surface area contributed by atoms with Crippen molar-refractivity contribution in [1.29, 1.82) is 0 Å². The maximum Gasteiger partial charge on any atom is 0.410 e. The molecule has 2 aromatic rings. The SMILES string of the molecule is CC(C)(C)OC(=O)N(CCNC(=O)/C=C/c1ccc(Cl)c(Cl)c1)CCNC(=O)/C=C/c1ccc(Cl)c(Cl)c1. The number of ether oxygens (including phenoxy) is 1. The van der Waals surface area contributed by atoms with Gasteiger partial charge in [0.25, 0.3) is 0 Å². The van der Waals surface area contributed by atoms with E-state index in [1.54, 1.807) is 69.3 Å². The zero-order valence-corrected chi connectivity index (χ0v) is 24.2. The Morgan fingerprint density at radius 3 is 1.55 bits per heavy atom. The van der Waals surface area contributed by atoms with Crippen LogP contribution in [0.2, 0.25) is 20.1 Å². The van der Waals surface area contributed by atoms with E-state index in [1.165, 1.54) is 17.1 Å². The summed E-state index contributed by atoms with van der Waals surface area (Å²) in [6, 6.07) is 10.0. The van der Waals surface area contributed by atoms with Gasteiger partial charge < -0.3 is 20.3 Å². The van der Waals surface area contributed by atoms with Gasteiger partial charge in [-0.25, -0.2) is 4.79 Å². The summed E-state index contributed by atoms with van der Waals surface area (Å²) in [5.74, 6) is -0.693. The zero-order chi connectivity index (χ0) is 28.3. The molecular weight excluding hydrogens is 572 g/mol. The number of amides is 3. The van der Waals surface area contributed by atoms with Crippen LogP contribution in [-0.4, -0.2) is 54.6 Å². The predicted octanol–water partition coefficient (Wildman–Crippen LogP) is 6.50. The number of halogens is 4. The second kappa shape index (κ2) is 15.0. The summed E-state index contributed by atoms with van der Waals surface area (Å²) < 4.78 is 5.45. The van der Waals surface area contributed by atoms with Crippen molar-refractivity contribution in [2.24, 2.45) is 0 Å². The van der Waals surface area contributed by atoms with Gasteiger partial charge in [0.05, 0.1) is 20.1 Å². The van der Waals surface area contributed by atoms with E-state index >= 15 is 0 Å². The molecule has 38 heavy (non-hydrogen) atoms. The lowest BCUT2D eigenvalue weighted by molar-refractivity contribution is -0.117. The van der Waals surface area contributed by atoms with Crippen LogP contribution < -0.4 is 10.6 Å². The van der Waals surface area contributed by atoms with Gasteiger partial charge in [-0.3, -0.25) is 9.59 Å². The molecule has 0 unspecified atom stereocenters. The minimum absolute atomic E-state index is 0.176.